The average Bonchev–Trinajstić information content (AvgIpc) is 2.89. The van der Waals surface area contributed by atoms with E-state index in [1.54, 1.807) is 5.56 Å². The third-order valence-corrected chi connectivity index (χ3v) is 5.98. The second-order valence-electron chi connectivity index (χ2n) is 7.54. The minimum absolute atomic E-state index is 0.671. The molecule has 0 aromatic heterocycles. The molecular weight excluding hydrogens is 306 g/mol. The highest BCUT2D eigenvalue weighted by Gasteiger charge is 2.29. The summed E-state index contributed by atoms with van der Waals surface area (Å²) in [5, 5.41) is 0. The van der Waals surface area contributed by atoms with Crippen molar-refractivity contribution < 1.29 is 4.42 Å². The van der Waals surface area contributed by atoms with Gasteiger partial charge in [-0.2, -0.15) is 0 Å². The summed E-state index contributed by atoms with van der Waals surface area (Å²) < 4.78 is 5.53. The lowest BCUT2D eigenvalue weighted by atomic mass is 9.85. The second-order valence-corrected chi connectivity index (χ2v) is 7.54. The van der Waals surface area contributed by atoms with Crippen molar-refractivity contribution in [2.24, 2.45) is 0 Å². The molecule has 2 heteroatoms. The van der Waals surface area contributed by atoms with Crippen molar-refractivity contribution in [3.05, 3.63) is 70.7 Å². The van der Waals surface area contributed by atoms with E-state index < -0.39 is 0 Å². The molecule has 3 aliphatic rings. The molecule has 0 N–H and O–H groups in total. The Morgan fingerprint density at radius 1 is 0.960 bits per heavy atom. The lowest BCUT2D eigenvalue weighted by Crippen LogP contribution is -2.32. The largest absolute Gasteiger partial charge is 0.472 e. The topological polar surface area (TPSA) is 16.4 Å². The number of likely N-dealkylation sites (tertiary alicyclic amines) is 1. The van der Waals surface area contributed by atoms with Crippen molar-refractivity contribution in [1.82, 2.24) is 4.90 Å². The SMILES string of the molecule is Cc1cocc2c(C)c(C)c(C3CCN(Cc4ccccc4)CC3)c1-2. The van der Waals surface area contributed by atoms with E-state index in [0.29, 0.717) is 5.92 Å². The van der Waals surface area contributed by atoms with Crippen molar-refractivity contribution in [3.8, 4) is 11.1 Å². The molecule has 2 heterocycles. The minimum Gasteiger partial charge on any atom is -0.472 e. The lowest BCUT2D eigenvalue weighted by molar-refractivity contribution is 0.204. The van der Waals surface area contributed by atoms with Crippen molar-refractivity contribution in [3.63, 3.8) is 0 Å². The van der Waals surface area contributed by atoms with Gasteiger partial charge in [-0.3, -0.25) is 4.90 Å². The molecule has 2 aliphatic heterocycles. The zero-order valence-electron chi connectivity index (χ0n) is 15.5. The highest BCUT2D eigenvalue weighted by atomic mass is 16.3. The van der Waals surface area contributed by atoms with Crippen LogP contribution in [0.25, 0.3) is 11.1 Å². The van der Waals surface area contributed by atoms with Crippen molar-refractivity contribution in [1.29, 1.82) is 0 Å². The average molecular weight is 333 g/mol. The summed E-state index contributed by atoms with van der Waals surface area (Å²) in [6, 6.07) is 10.8. The van der Waals surface area contributed by atoms with E-state index in [1.165, 1.54) is 59.3 Å². The summed E-state index contributed by atoms with van der Waals surface area (Å²) in [6.45, 7) is 10.1. The molecule has 25 heavy (non-hydrogen) atoms. The van der Waals surface area contributed by atoms with E-state index in [9.17, 15) is 0 Å². The van der Waals surface area contributed by atoms with E-state index >= 15 is 0 Å². The monoisotopic (exact) mass is 333 g/mol. The number of hydrogen-bond acceptors (Lipinski definition) is 2. The minimum atomic E-state index is 0.671. The van der Waals surface area contributed by atoms with Gasteiger partial charge in [0.1, 0.15) is 0 Å². The zero-order valence-corrected chi connectivity index (χ0v) is 15.5. The summed E-state index contributed by atoms with van der Waals surface area (Å²) in [5.74, 6) is 0.671. The fourth-order valence-corrected chi connectivity index (χ4v) is 4.49. The van der Waals surface area contributed by atoms with Gasteiger partial charge < -0.3 is 4.42 Å². The van der Waals surface area contributed by atoms with Crippen LogP contribution >= 0.6 is 0 Å². The molecule has 1 fully saturated rings. The van der Waals surface area contributed by atoms with Crippen LogP contribution in [0.1, 0.15) is 46.6 Å². The van der Waals surface area contributed by atoms with Crippen LogP contribution in [-0.2, 0) is 6.54 Å². The van der Waals surface area contributed by atoms with E-state index in [1.807, 2.05) is 12.5 Å². The number of fused-ring (bicyclic) bond motifs is 1. The Morgan fingerprint density at radius 3 is 2.40 bits per heavy atom. The first-order chi connectivity index (χ1) is 12.1. The molecule has 1 aromatic carbocycles. The van der Waals surface area contributed by atoms with Gasteiger partial charge in [0.25, 0.3) is 0 Å². The van der Waals surface area contributed by atoms with Crippen LogP contribution in [0.5, 0.6) is 0 Å². The predicted octanol–water partition coefficient (Wildman–Crippen LogP) is 5.69. The van der Waals surface area contributed by atoms with Crippen molar-refractivity contribution >= 4 is 0 Å². The maximum absolute atomic E-state index is 5.53. The van der Waals surface area contributed by atoms with Crippen molar-refractivity contribution in [2.75, 3.05) is 13.1 Å². The van der Waals surface area contributed by atoms with Gasteiger partial charge in [0.15, 0.2) is 0 Å². The lowest BCUT2D eigenvalue weighted by Gasteiger charge is -2.33. The molecule has 130 valence electrons. The van der Waals surface area contributed by atoms with Gasteiger partial charge in [-0.15, -0.1) is 0 Å². The maximum Gasteiger partial charge on any atom is 0.0982 e. The summed E-state index contributed by atoms with van der Waals surface area (Å²) in [7, 11) is 0. The molecule has 0 atom stereocenters. The van der Waals surface area contributed by atoms with Gasteiger partial charge >= 0.3 is 0 Å². The zero-order chi connectivity index (χ0) is 17.4. The van der Waals surface area contributed by atoms with E-state index in [-0.39, 0.29) is 0 Å². The highest BCUT2D eigenvalue weighted by Crippen LogP contribution is 2.45. The van der Waals surface area contributed by atoms with Gasteiger partial charge in [-0.1, -0.05) is 30.3 Å². The Hall–Kier alpha value is -2.06. The summed E-state index contributed by atoms with van der Waals surface area (Å²) in [6.07, 6.45) is 6.32. The smallest absolute Gasteiger partial charge is 0.0982 e. The molecule has 1 aromatic rings. The van der Waals surface area contributed by atoms with Crippen LogP contribution in [0.2, 0.25) is 0 Å². The molecule has 0 unspecified atom stereocenters. The first-order valence-corrected chi connectivity index (χ1v) is 9.37. The number of aryl methyl sites for hydroxylation is 1. The fraction of sp³-hybridized carbons (Fsp3) is 0.391. The molecule has 2 nitrogen and oxygen atoms in total. The van der Waals surface area contributed by atoms with Gasteiger partial charge in [0.2, 0.25) is 0 Å². The summed E-state index contributed by atoms with van der Waals surface area (Å²) >= 11 is 0. The van der Waals surface area contributed by atoms with Crippen LogP contribution in [0.3, 0.4) is 0 Å². The number of piperidine rings is 1. The standard InChI is InChI=1S/C23H27NO/c1-16-14-25-15-21-17(2)18(3)23(22(16)21)20-9-11-24(12-10-20)13-19-7-5-4-6-8-19/h4-8,14-15,20H,9-13H2,1-3H3. The Bertz CT molecular complexity index is 825. The molecular formula is C23H27NO. The summed E-state index contributed by atoms with van der Waals surface area (Å²) in [5.41, 5.74) is 9.90. The van der Waals surface area contributed by atoms with Gasteiger partial charge in [0, 0.05) is 12.1 Å². The van der Waals surface area contributed by atoms with Gasteiger partial charge in [0.05, 0.1) is 12.5 Å². The second kappa shape index (κ2) is 6.68. The van der Waals surface area contributed by atoms with E-state index in [4.69, 9.17) is 4.42 Å². The number of benzene rings is 1. The molecule has 0 spiro atoms. The number of rotatable bonds is 3. The predicted molar refractivity (Wildman–Crippen MR) is 103 cm³/mol. The molecule has 0 radical (unpaired) electrons. The van der Waals surface area contributed by atoms with Crippen LogP contribution in [0.4, 0.5) is 0 Å². The number of nitrogens with zero attached hydrogens (tertiary/aromatic N) is 1. The fourth-order valence-electron chi connectivity index (χ4n) is 4.49. The number of hydrogen-bond donors (Lipinski definition) is 0. The van der Waals surface area contributed by atoms with E-state index in [2.05, 4.69) is 56.0 Å². The van der Waals surface area contributed by atoms with Crippen LogP contribution in [-0.4, -0.2) is 18.0 Å². The van der Waals surface area contributed by atoms with Gasteiger partial charge in [-0.05, 0) is 86.0 Å². The van der Waals surface area contributed by atoms with Gasteiger partial charge in [-0.25, -0.2) is 0 Å². The molecule has 1 aliphatic carbocycles. The molecule has 1 saturated heterocycles. The van der Waals surface area contributed by atoms with E-state index in [0.717, 1.165) is 6.54 Å². The van der Waals surface area contributed by atoms with Crippen LogP contribution in [0.15, 0.2) is 47.3 Å². The Kier molecular flexibility index (Phi) is 4.39. The highest BCUT2D eigenvalue weighted by molar-refractivity contribution is 5.80. The quantitative estimate of drug-likeness (QED) is 0.612. The molecule has 4 rings (SSSR count). The molecule has 0 amide bonds. The summed E-state index contributed by atoms with van der Waals surface area (Å²) in [4.78, 5) is 2.60. The van der Waals surface area contributed by atoms with Crippen LogP contribution < -0.4 is 0 Å². The van der Waals surface area contributed by atoms with Crippen LogP contribution in [0, 0.1) is 20.8 Å². The Balaban J connectivity index is 1.54. The third kappa shape index (κ3) is 3.00. The molecule has 0 bridgehead atoms. The normalized spacial score (nSPS) is 16.6. The first-order valence-electron chi connectivity index (χ1n) is 9.37. The Morgan fingerprint density at radius 2 is 1.68 bits per heavy atom. The Labute approximate surface area is 150 Å². The van der Waals surface area contributed by atoms with Crippen molar-refractivity contribution in [2.45, 2.75) is 46.1 Å². The third-order valence-electron chi connectivity index (χ3n) is 5.98. The first kappa shape index (κ1) is 16.4. The molecule has 0 saturated carbocycles. The maximum atomic E-state index is 5.53.